The van der Waals surface area contributed by atoms with Gasteiger partial charge in [0, 0.05) is 25.2 Å². The molecular weight excluding hydrogens is 266 g/mol. The first-order valence-corrected chi connectivity index (χ1v) is 8.02. The van der Waals surface area contributed by atoms with Gasteiger partial charge in [-0.05, 0) is 31.6 Å². The number of carbonyl (C=O) groups is 1. The second-order valence-electron chi connectivity index (χ2n) is 6.12. The molecule has 2 fully saturated rings. The van der Waals surface area contributed by atoms with Crippen LogP contribution in [0.15, 0.2) is 18.6 Å². The van der Waals surface area contributed by atoms with Crippen LogP contribution >= 0.6 is 0 Å². The van der Waals surface area contributed by atoms with E-state index >= 15 is 0 Å². The average Bonchev–Trinajstić information content (AvgIpc) is 3.01. The van der Waals surface area contributed by atoms with E-state index in [1.807, 2.05) is 4.90 Å². The van der Waals surface area contributed by atoms with E-state index in [0.717, 1.165) is 25.8 Å². The van der Waals surface area contributed by atoms with Crippen molar-refractivity contribution in [2.24, 2.45) is 5.92 Å². The van der Waals surface area contributed by atoms with Gasteiger partial charge in [0.1, 0.15) is 12.4 Å². The van der Waals surface area contributed by atoms with Crippen molar-refractivity contribution >= 4 is 5.91 Å². The summed E-state index contributed by atoms with van der Waals surface area (Å²) in [5.74, 6) is 1.51. The third-order valence-electron chi connectivity index (χ3n) is 4.51. The summed E-state index contributed by atoms with van der Waals surface area (Å²) in [7, 11) is 0. The van der Waals surface area contributed by atoms with Gasteiger partial charge in [0.05, 0.1) is 6.54 Å². The van der Waals surface area contributed by atoms with Crippen molar-refractivity contribution in [1.29, 1.82) is 0 Å². The Kier molecular flexibility index (Phi) is 4.68. The molecule has 1 unspecified atom stereocenters. The minimum atomic E-state index is 0.0566. The number of hydrogen-bond donors (Lipinski definition) is 0. The second-order valence-corrected chi connectivity index (χ2v) is 6.12. The van der Waals surface area contributed by atoms with Crippen molar-refractivity contribution < 1.29 is 9.53 Å². The van der Waals surface area contributed by atoms with Gasteiger partial charge in [0.25, 0.3) is 0 Å². The minimum absolute atomic E-state index is 0.0566. The number of aromatic nitrogens is 2. The highest BCUT2D eigenvalue weighted by Gasteiger charge is 2.27. The Balaban J connectivity index is 1.51. The van der Waals surface area contributed by atoms with Crippen LogP contribution in [0.2, 0.25) is 0 Å². The third-order valence-corrected chi connectivity index (χ3v) is 4.51. The standard InChI is InChI=1S/C16H23N3O2/c20-16(10-13-4-1-2-5-13)19-9-3-6-14(11-19)21-15-7-8-17-12-18-15/h7-8,12-14H,1-6,9-11H2. The molecule has 1 aliphatic carbocycles. The van der Waals surface area contributed by atoms with Crippen LogP contribution in [-0.2, 0) is 4.79 Å². The van der Waals surface area contributed by atoms with Crippen LogP contribution in [0.4, 0.5) is 0 Å². The Hall–Kier alpha value is -1.65. The monoisotopic (exact) mass is 289 g/mol. The number of likely N-dealkylation sites (tertiary alicyclic amines) is 1. The van der Waals surface area contributed by atoms with E-state index < -0.39 is 0 Å². The molecule has 1 saturated heterocycles. The first-order valence-electron chi connectivity index (χ1n) is 8.02. The predicted molar refractivity (Wildman–Crippen MR) is 78.8 cm³/mol. The highest BCUT2D eigenvalue weighted by Crippen LogP contribution is 2.28. The number of rotatable bonds is 4. The van der Waals surface area contributed by atoms with E-state index in [2.05, 4.69) is 9.97 Å². The molecule has 2 aliphatic rings. The fourth-order valence-electron chi connectivity index (χ4n) is 3.37. The zero-order valence-corrected chi connectivity index (χ0v) is 12.4. The topological polar surface area (TPSA) is 55.3 Å². The first kappa shape index (κ1) is 14.3. The number of ether oxygens (including phenoxy) is 1. The number of nitrogens with zero attached hydrogens (tertiary/aromatic N) is 3. The molecule has 1 amide bonds. The van der Waals surface area contributed by atoms with E-state index in [9.17, 15) is 4.79 Å². The van der Waals surface area contributed by atoms with Crippen LogP contribution in [0.25, 0.3) is 0 Å². The average molecular weight is 289 g/mol. The summed E-state index contributed by atoms with van der Waals surface area (Å²) in [6, 6.07) is 1.76. The molecule has 114 valence electrons. The molecule has 5 heteroatoms. The van der Waals surface area contributed by atoms with Gasteiger partial charge in [-0.3, -0.25) is 4.79 Å². The van der Waals surface area contributed by atoms with Gasteiger partial charge in [0.2, 0.25) is 11.8 Å². The molecule has 1 aromatic rings. The van der Waals surface area contributed by atoms with Crippen molar-refractivity contribution in [3.63, 3.8) is 0 Å². The molecule has 5 nitrogen and oxygen atoms in total. The predicted octanol–water partition coefficient (Wildman–Crippen LogP) is 2.43. The summed E-state index contributed by atoms with van der Waals surface area (Å²) in [5.41, 5.74) is 0. The van der Waals surface area contributed by atoms with E-state index in [1.165, 1.54) is 32.0 Å². The maximum atomic E-state index is 12.4. The van der Waals surface area contributed by atoms with Gasteiger partial charge in [-0.25, -0.2) is 9.97 Å². The normalized spacial score (nSPS) is 23.2. The zero-order valence-electron chi connectivity index (χ0n) is 12.4. The van der Waals surface area contributed by atoms with Crippen LogP contribution in [0.3, 0.4) is 0 Å². The summed E-state index contributed by atoms with van der Waals surface area (Å²) in [6.07, 6.45) is 11.0. The highest BCUT2D eigenvalue weighted by molar-refractivity contribution is 5.76. The molecule has 0 N–H and O–H groups in total. The van der Waals surface area contributed by atoms with Gasteiger partial charge in [0.15, 0.2) is 0 Å². The molecule has 0 aromatic carbocycles. The van der Waals surface area contributed by atoms with Gasteiger partial charge in [-0.15, -0.1) is 0 Å². The molecule has 21 heavy (non-hydrogen) atoms. The lowest BCUT2D eigenvalue weighted by Gasteiger charge is -2.33. The highest BCUT2D eigenvalue weighted by atomic mass is 16.5. The Labute approximate surface area is 125 Å². The van der Waals surface area contributed by atoms with E-state index in [-0.39, 0.29) is 6.10 Å². The fraction of sp³-hybridized carbons (Fsp3) is 0.688. The summed E-state index contributed by atoms with van der Waals surface area (Å²) < 4.78 is 5.86. The van der Waals surface area contributed by atoms with Gasteiger partial charge >= 0.3 is 0 Å². The SMILES string of the molecule is O=C(CC1CCCC1)N1CCCC(Oc2ccncn2)C1. The molecular formula is C16H23N3O2. The minimum Gasteiger partial charge on any atom is -0.472 e. The van der Waals surface area contributed by atoms with E-state index in [4.69, 9.17) is 4.74 Å². The molecule has 0 radical (unpaired) electrons. The molecule has 0 spiro atoms. The van der Waals surface area contributed by atoms with Crippen molar-refractivity contribution in [2.75, 3.05) is 13.1 Å². The smallest absolute Gasteiger partial charge is 0.222 e. The Morgan fingerprint density at radius 1 is 1.29 bits per heavy atom. The number of amides is 1. The summed E-state index contributed by atoms with van der Waals surface area (Å²) in [4.78, 5) is 22.3. The van der Waals surface area contributed by atoms with Crippen LogP contribution in [0.5, 0.6) is 5.88 Å². The first-order chi connectivity index (χ1) is 10.3. The summed E-state index contributed by atoms with van der Waals surface area (Å²) >= 11 is 0. The third kappa shape index (κ3) is 3.93. The maximum absolute atomic E-state index is 12.4. The molecule has 3 rings (SSSR count). The summed E-state index contributed by atoms with van der Waals surface area (Å²) in [6.45, 7) is 1.56. The number of piperidine rings is 1. The van der Waals surface area contributed by atoms with Crippen molar-refractivity contribution in [2.45, 2.75) is 51.0 Å². The summed E-state index contributed by atoms with van der Waals surface area (Å²) in [5, 5.41) is 0. The lowest BCUT2D eigenvalue weighted by atomic mass is 10.0. The fourth-order valence-corrected chi connectivity index (χ4v) is 3.37. The lowest BCUT2D eigenvalue weighted by molar-refractivity contribution is -0.134. The molecule has 1 saturated carbocycles. The second kappa shape index (κ2) is 6.87. The Bertz CT molecular complexity index is 460. The Morgan fingerprint density at radius 2 is 2.14 bits per heavy atom. The quantitative estimate of drug-likeness (QED) is 0.854. The van der Waals surface area contributed by atoms with Crippen LogP contribution in [0.1, 0.15) is 44.9 Å². The lowest BCUT2D eigenvalue weighted by Crippen LogP contribution is -2.44. The number of carbonyl (C=O) groups excluding carboxylic acids is 1. The Morgan fingerprint density at radius 3 is 2.90 bits per heavy atom. The molecule has 0 bridgehead atoms. The maximum Gasteiger partial charge on any atom is 0.222 e. The molecule has 1 aromatic heterocycles. The molecule has 1 atom stereocenters. The van der Waals surface area contributed by atoms with Crippen molar-refractivity contribution in [3.8, 4) is 5.88 Å². The van der Waals surface area contributed by atoms with Gasteiger partial charge in [-0.1, -0.05) is 12.8 Å². The van der Waals surface area contributed by atoms with Crippen LogP contribution in [0, 0.1) is 5.92 Å². The number of hydrogen-bond acceptors (Lipinski definition) is 4. The molecule has 1 aliphatic heterocycles. The van der Waals surface area contributed by atoms with Crippen LogP contribution < -0.4 is 4.74 Å². The van der Waals surface area contributed by atoms with Crippen molar-refractivity contribution in [1.82, 2.24) is 14.9 Å². The molecule has 2 heterocycles. The van der Waals surface area contributed by atoms with Gasteiger partial charge in [-0.2, -0.15) is 0 Å². The van der Waals surface area contributed by atoms with E-state index in [0.29, 0.717) is 24.2 Å². The van der Waals surface area contributed by atoms with Gasteiger partial charge < -0.3 is 9.64 Å². The van der Waals surface area contributed by atoms with Crippen LogP contribution in [-0.4, -0.2) is 40.0 Å². The van der Waals surface area contributed by atoms with E-state index in [1.54, 1.807) is 12.3 Å². The zero-order chi connectivity index (χ0) is 14.5. The largest absolute Gasteiger partial charge is 0.472 e. The van der Waals surface area contributed by atoms with Crippen molar-refractivity contribution in [3.05, 3.63) is 18.6 Å².